The molecular weight excluding hydrogens is 596 g/mol. The van der Waals surface area contributed by atoms with Gasteiger partial charge < -0.3 is 19.5 Å². The highest BCUT2D eigenvalue weighted by Gasteiger charge is 2.32. The lowest BCUT2D eigenvalue weighted by Gasteiger charge is -2.22. The van der Waals surface area contributed by atoms with E-state index < -0.39 is 47.9 Å². The summed E-state index contributed by atoms with van der Waals surface area (Å²) >= 11 is 0. The number of aryl methyl sites for hydroxylation is 2. The van der Waals surface area contributed by atoms with Gasteiger partial charge in [-0.25, -0.2) is 9.79 Å². The second kappa shape index (κ2) is 14.6. The van der Waals surface area contributed by atoms with Gasteiger partial charge in [0, 0.05) is 78.8 Å². The first-order valence-electron chi connectivity index (χ1n) is 18.9. The number of carbonyl (C=O) groups is 4. The van der Waals surface area contributed by atoms with Gasteiger partial charge in [-0.3, -0.25) is 14.4 Å². The number of anilines is 1. The summed E-state index contributed by atoms with van der Waals surface area (Å²) in [4.78, 5) is 59.5. The van der Waals surface area contributed by atoms with Crippen LogP contribution in [0.4, 0.5) is 5.69 Å². The van der Waals surface area contributed by atoms with Gasteiger partial charge in [-0.1, -0.05) is 24.5 Å². The van der Waals surface area contributed by atoms with Crippen LogP contribution in [0.1, 0.15) is 82.1 Å². The Labute approximate surface area is 283 Å². The van der Waals surface area contributed by atoms with Crippen LogP contribution in [0, 0.1) is 13.8 Å². The van der Waals surface area contributed by atoms with Crippen molar-refractivity contribution >= 4 is 40.3 Å². The molecule has 0 unspecified atom stereocenters. The molecule has 2 aliphatic heterocycles. The van der Waals surface area contributed by atoms with Crippen molar-refractivity contribution in [2.45, 2.75) is 66.2 Å². The van der Waals surface area contributed by atoms with Gasteiger partial charge in [-0.15, -0.1) is 5.06 Å². The third-order valence-corrected chi connectivity index (χ3v) is 8.00. The van der Waals surface area contributed by atoms with E-state index in [9.17, 15) is 19.2 Å². The molecule has 2 aromatic carbocycles. The van der Waals surface area contributed by atoms with E-state index in [0.29, 0.717) is 70.5 Å². The van der Waals surface area contributed by atoms with Crippen LogP contribution in [0.25, 0.3) is 33.4 Å². The molecule has 10 heteroatoms. The van der Waals surface area contributed by atoms with Crippen LogP contribution in [-0.4, -0.2) is 60.3 Å². The van der Waals surface area contributed by atoms with Gasteiger partial charge in [0.2, 0.25) is 5.36 Å². The van der Waals surface area contributed by atoms with Crippen LogP contribution in [0.15, 0.2) is 52.8 Å². The average Bonchev–Trinajstić information content (AvgIpc) is 3.43. The number of benzene rings is 3. The molecule has 5 rings (SSSR count). The second-order valence-corrected chi connectivity index (χ2v) is 11.5. The number of unbranched alkanes of at least 4 members (excludes halogenated alkanes) is 2. The van der Waals surface area contributed by atoms with Gasteiger partial charge in [0.1, 0.15) is 17.9 Å². The number of rotatable bonds is 12. The lowest BCUT2D eigenvalue weighted by molar-refractivity contribution is -0.496. The molecule has 0 atom stereocenters. The lowest BCUT2D eigenvalue weighted by atomic mass is 9.89. The minimum atomic E-state index is -0.718. The third kappa shape index (κ3) is 7.21. The molecule has 3 amide bonds. The number of amides is 3. The highest BCUT2D eigenvalue weighted by molar-refractivity contribution is 6.09. The van der Waals surface area contributed by atoms with E-state index in [0.717, 1.165) is 0 Å². The normalized spacial score (nSPS) is 15.3. The maximum Gasteiger partial charge on any atom is 0.333 e. The zero-order chi connectivity index (χ0) is 38.9. The molecule has 47 heavy (non-hydrogen) atoms. The van der Waals surface area contributed by atoms with Gasteiger partial charge in [0.05, 0.1) is 14.3 Å². The monoisotopic (exact) mass is 645 g/mol. The molecule has 10 nitrogen and oxygen atoms in total. The zero-order valence-electron chi connectivity index (χ0n) is 33.4. The molecule has 0 radical (unpaired) electrons. The number of hydrogen-bond acceptors (Lipinski definition) is 7. The summed E-state index contributed by atoms with van der Waals surface area (Å²) in [5, 5.41) is 4.55. The first kappa shape index (κ1) is 26.1. The number of nitrogens with zero attached hydrogens (tertiary/aromatic N) is 2. The minimum Gasteiger partial charge on any atom is -0.456 e. The quantitative estimate of drug-likeness (QED) is 0.132. The van der Waals surface area contributed by atoms with Crippen LogP contribution < -0.4 is 15.7 Å². The molecule has 1 fully saturated rings. The summed E-state index contributed by atoms with van der Waals surface area (Å²) in [6.07, 6.45) is 1.20. The SMILES string of the molecule is [2H]c1c([2H])c([2H])c(-c2c3cc(C)c(=[NH+]CC)c([2H])c-3oc3c([2H])c(NCC)c(C)cc23)c(C(=O)N(C)CCCCCC(=O)ON2C(=O)CCC2=O)c1[2H]. The lowest BCUT2D eigenvalue weighted by Crippen LogP contribution is -2.76. The number of fused-ring (bicyclic) bond motifs is 2. The van der Waals surface area contributed by atoms with Gasteiger partial charge in [0.15, 0.2) is 0 Å². The Balaban J connectivity index is 1.59. The summed E-state index contributed by atoms with van der Waals surface area (Å²) in [6, 6.07) is 1.41. The topological polar surface area (TPSA) is 123 Å². The van der Waals surface area contributed by atoms with Crippen LogP contribution in [0.5, 0.6) is 0 Å². The Morgan fingerprint density at radius 3 is 2.49 bits per heavy atom. The Bertz CT molecular complexity index is 2190. The molecule has 0 saturated carbocycles. The average molecular weight is 646 g/mol. The van der Waals surface area contributed by atoms with Crippen molar-refractivity contribution in [2.75, 3.05) is 32.0 Å². The van der Waals surface area contributed by atoms with Crippen molar-refractivity contribution in [2.24, 2.45) is 0 Å². The van der Waals surface area contributed by atoms with Crippen molar-refractivity contribution in [3.63, 3.8) is 0 Å². The molecule has 3 aliphatic rings. The van der Waals surface area contributed by atoms with Gasteiger partial charge >= 0.3 is 5.97 Å². The summed E-state index contributed by atoms with van der Waals surface area (Å²) in [5.74, 6) is -2.42. The summed E-state index contributed by atoms with van der Waals surface area (Å²) in [5.41, 5.74) is 2.22. The predicted molar refractivity (Wildman–Crippen MR) is 179 cm³/mol. The highest BCUT2D eigenvalue weighted by atomic mass is 16.7. The van der Waals surface area contributed by atoms with E-state index in [2.05, 4.69) is 10.3 Å². The van der Waals surface area contributed by atoms with E-state index >= 15 is 0 Å². The van der Waals surface area contributed by atoms with Crippen molar-refractivity contribution in [1.29, 1.82) is 0 Å². The van der Waals surface area contributed by atoms with Crippen molar-refractivity contribution in [3.05, 3.63) is 70.4 Å². The number of nitrogens with one attached hydrogen (secondary N) is 2. The van der Waals surface area contributed by atoms with Crippen LogP contribution >= 0.6 is 0 Å². The molecule has 0 bridgehead atoms. The van der Waals surface area contributed by atoms with Gasteiger partial charge in [-0.05, 0) is 69.8 Å². The number of hydroxylamine groups is 2. The number of carbonyl (C=O) groups excluding carboxylic acids is 4. The smallest absolute Gasteiger partial charge is 0.333 e. The number of imide groups is 1. The first-order chi connectivity index (χ1) is 25.1. The largest absolute Gasteiger partial charge is 0.456 e. The maximum atomic E-state index is 14.3. The zero-order valence-corrected chi connectivity index (χ0v) is 27.4. The third-order valence-electron chi connectivity index (χ3n) is 8.00. The van der Waals surface area contributed by atoms with Gasteiger partial charge in [-0.2, -0.15) is 0 Å². The molecular formula is C37H43N4O6+. The molecule has 0 aromatic heterocycles. The maximum absolute atomic E-state index is 14.3. The van der Waals surface area contributed by atoms with Crippen LogP contribution in [0.3, 0.4) is 0 Å². The van der Waals surface area contributed by atoms with Crippen LogP contribution in [0.2, 0.25) is 0 Å². The molecule has 246 valence electrons. The summed E-state index contributed by atoms with van der Waals surface area (Å²) in [6.45, 7) is 8.62. The Morgan fingerprint density at radius 2 is 1.77 bits per heavy atom. The molecule has 2 heterocycles. The van der Waals surface area contributed by atoms with E-state index in [1.54, 1.807) is 12.1 Å². The summed E-state index contributed by atoms with van der Waals surface area (Å²) in [7, 11) is 1.52. The van der Waals surface area contributed by atoms with E-state index in [4.69, 9.17) is 17.5 Å². The Hall–Kier alpha value is -4.99. The van der Waals surface area contributed by atoms with E-state index in [1.165, 1.54) is 11.9 Å². The molecule has 2 aromatic rings. The standard InChI is InChI=1S/C37H42N4O6/c1-6-38-29-21-31-27(19-23(29)3)36(28-20-24(4)30(39-7-2)22-32(28)46-31)25-13-10-11-14-26(25)37(45)40(5)18-12-8-9-15-35(44)47-41-33(42)16-17-34(41)43/h10-11,13-14,19-22,38H,6-9,12,15-18H2,1-5H3/p+1/i10D,11D,13D,14D,21D,22D. The van der Waals surface area contributed by atoms with Crippen molar-refractivity contribution in [1.82, 2.24) is 9.96 Å². The fraction of sp³-hybridized carbons (Fsp3) is 0.378. The summed E-state index contributed by atoms with van der Waals surface area (Å²) < 4.78 is 59.9. The van der Waals surface area contributed by atoms with Gasteiger partial charge in [0.25, 0.3) is 17.7 Å². The highest BCUT2D eigenvalue weighted by Crippen LogP contribution is 2.43. The second-order valence-electron chi connectivity index (χ2n) is 11.5. The molecule has 0 spiro atoms. The Kier molecular flexibility index (Phi) is 8.12. The Morgan fingerprint density at radius 1 is 1.02 bits per heavy atom. The predicted octanol–water partition coefficient (Wildman–Crippen LogP) is 4.49. The molecule has 1 saturated heterocycles. The van der Waals surface area contributed by atoms with Crippen molar-refractivity contribution in [3.8, 4) is 22.5 Å². The minimum absolute atomic E-state index is 0.00122. The molecule has 2 N–H and O–H groups in total. The first-order valence-corrected chi connectivity index (χ1v) is 15.9. The van der Waals surface area contributed by atoms with E-state index in [-0.39, 0.29) is 65.9 Å². The fourth-order valence-corrected chi connectivity index (χ4v) is 5.59. The van der Waals surface area contributed by atoms with Crippen LogP contribution in [-0.2, 0) is 19.2 Å². The number of hydrogen-bond donors (Lipinski definition) is 2. The van der Waals surface area contributed by atoms with Crippen molar-refractivity contribution < 1.29 is 41.6 Å². The van der Waals surface area contributed by atoms with E-state index in [1.807, 2.05) is 27.7 Å². The molecule has 1 aliphatic carbocycles. The fourth-order valence-electron chi connectivity index (χ4n) is 5.59.